The van der Waals surface area contributed by atoms with Crippen LogP contribution < -0.4 is 10.1 Å². The fourth-order valence-electron chi connectivity index (χ4n) is 3.05. The first-order valence-electron chi connectivity index (χ1n) is 7.17. The van der Waals surface area contributed by atoms with Gasteiger partial charge in [-0.1, -0.05) is 13.3 Å². The molecule has 2 heteroatoms. The van der Waals surface area contributed by atoms with Gasteiger partial charge in [-0.25, -0.2) is 0 Å². The molecule has 1 saturated carbocycles. The van der Waals surface area contributed by atoms with Gasteiger partial charge in [0.2, 0.25) is 0 Å². The van der Waals surface area contributed by atoms with Crippen molar-refractivity contribution in [3.05, 3.63) is 29.3 Å². The lowest BCUT2D eigenvalue weighted by molar-refractivity contribution is -0.712. The van der Waals surface area contributed by atoms with E-state index in [1.807, 2.05) is 0 Å². The normalized spacial score (nSPS) is 23.9. The number of aryl methyl sites for hydroxylation is 1. The molecule has 1 aromatic rings. The second-order valence-corrected chi connectivity index (χ2v) is 5.67. The third kappa shape index (κ3) is 3.26. The summed E-state index contributed by atoms with van der Waals surface area (Å²) in [4.78, 5) is 0. The lowest BCUT2D eigenvalue weighted by Crippen LogP contribution is -2.90. The Labute approximate surface area is 111 Å². The molecule has 0 heterocycles. The highest BCUT2D eigenvalue weighted by atomic mass is 16.5. The van der Waals surface area contributed by atoms with Crippen molar-refractivity contribution in [2.45, 2.75) is 52.1 Å². The van der Waals surface area contributed by atoms with Gasteiger partial charge in [-0.05, 0) is 49.9 Å². The largest absolute Gasteiger partial charge is 0.496 e. The van der Waals surface area contributed by atoms with Crippen LogP contribution in [-0.2, 0) is 6.54 Å². The maximum absolute atomic E-state index is 5.30. The number of hydrogen-bond acceptors (Lipinski definition) is 1. The first kappa shape index (κ1) is 13.4. The van der Waals surface area contributed by atoms with Crippen LogP contribution in [0, 0.1) is 12.8 Å². The molecule has 18 heavy (non-hydrogen) atoms. The lowest BCUT2D eigenvalue weighted by atomic mass is 9.86. The minimum Gasteiger partial charge on any atom is -0.496 e. The van der Waals surface area contributed by atoms with Crippen LogP contribution in [0.2, 0.25) is 0 Å². The fourth-order valence-corrected chi connectivity index (χ4v) is 3.05. The maximum Gasteiger partial charge on any atom is 0.121 e. The molecule has 0 radical (unpaired) electrons. The van der Waals surface area contributed by atoms with E-state index in [1.54, 1.807) is 7.11 Å². The summed E-state index contributed by atoms with van der Waals surface area (Å²) in [6, 6.07) is 7.35. The summed E-state index contributed by atoms with van der Waals surface area (Å²) in [5, 5.41) is 2.53. The molecule has 0 unspecified atom stereocenters. The third-order valence-electron chi connectivity index (χ3n) is 4.29. The number of methoxy groups -OCH3 is 1. The van der Waals surface area contributed by atoms with E-state index in [-0.39, 0.29) is 0 Å². The molecule has 0 spiro atoms. The smallest absolute Gasteiger partial charge is 0.121 e. The highest BCUT2D eigenvalue weighted by Crippen LogP contribution is 2.22. The van der Waals surface area contributed by atoms with Gasteiger partial charge in [0, 0.05) is 11.5 Å². The zero-order chi connectivity index (χ0) is 13.0. The summed E-state index contributed by atoms with van der Waals surface area (Å²) in [6.45, 7) is 5.62. The molecule has 1 aliphatic rings. The summed E-state index contributed by atoms with van der Waals surface area (Å²) in [6.07, 6.45) is 5.62. The van der Waals surface area contributed by atoms with Gasteiger partial charge in [0.25, 0.3) is 0 Å². The topological polar surface area (TPSA) is 25.8 Å². The van der Waals surface area contributed by atoms with Gasteiger partial charge < -0.3 is 10.1 Å². The predicted octanol–water partition coefficient (Wildman–Crippen LogP) is 2.65. The Morgan fingerprint density at radius 3 is 2.72 bits per heavy atom. The molecule has 0 bridgehead atoms. The van der Waals surface area contributed by atoms with E-state index < -0.39 is 0 Å². The molecule has 1 fully saturated rings. The van der Waals surface area contributed by atoms with Gasteiger partial charge in [0.1, 0.15) is 12.3 Å². The quantitative estimate of drug-likeness (QED) is 0.871. The number of hydrogen-bond donors (Lipinski definition) is 1. The van der Waals surface area contributed by atoms with Crippen molar-refractivity contribution in [3.63, 3.8) is 0 Å². The molecule has 2 nitrogen and oxygen atoms in total. The fraction of sp³-hybridized carbons (Fsp3) is 0.625. The third-order valence-corrected chi connectivity index (χ3v) is 4.29. The Morgan fingerprint density at radius 2 is 2.06 bits per heavy atom. The Morgan fingerprint density at radius 1 is 1.28 bits per heavy atom. The van der Waals surface area contributed by atoms with Gasteiger partial charge in [0.05, 0.1) is 13.2 Å². The monoisotopic (exact) mass is 248 g/mol. The Hall–Kier alpha value is -1.02. The van der Waals surface area contributed by atoms with E-state index in [0.29, 0.717) is 0 Å². The number of nitrogens with two attached hydrogens (primary N) is 1. The number of ether oxygens (including phenoxy) is 1. The Bertz CT molecular complexity index is 389. The van der Waals surface area contributed by atoms with E-state index in [0.717, 1.165) is 24.3 Å². The average molecular weight is 248 g/mol. The minimum atomic E-state index is 0.821. The summed E-state index contributed by atoms with van der Waals surface area (Å²) >= 11 is 0. The molecule has 100 valence electrons. The molecular weight excluding hydrogens is 222 g/mol. The van der Waals surface area contributed by atoms with E-state index >= 15 is 0 Å². The molecule has 1 aromatic carbocycles. The Kier molecular flexibility index (Phi) is 4.65. The minimum absolute atomic E-state index is 0.821. The summed E-state index contributed by atoms with van der Waals surface area (Å²) in [5.74, 6) is 1.86. The van der Waals surface area contributed by atoms with E-state index in [2.05, 4.69) is 37.4 Å². The molecule has 0 aromatic heterocycles. The van der Waals surface area contributed by atoms with Gasteiger partial charge in [-0.15, -0.1) is 0 Å². The van der Waals surface area contributed by atoms with Crippen molar-refractivity contribution in [1.29, 1.82) is 0 Å². The van der Waals surface area contributed by atoms with Crippen molar-refractivity contribution in [3.8, 4) is 5.75 Å². The van der Waals surface area contributed by atoms with Crippen molar-refractivity contribution >= 4 is 0 Å². The van der Waals surface area contributed by atoms with Gasteiger partial charge >= 0.3 is 0 Å². The van der Waals surface area contributed by atoms with Gasteiger partial charge in [0.15, 0.2) is 0 Å². The second kappa shape index (κ2) is 6.24. The first-order chi connectivity index (χ1) is 8.70. The second-order valence-electron chi connectivity index (χ2n) is 5.67. The molecule has 0 amide bonds. The Balaban J connectivity index is 1.91. The van der Waals surface area contributed by atoms with Gasteiger partial charge in [-0.2, -0.15) is 0 Å². The molecule has 0 aliphatic heterocycles. The molecule has 2 N–H and O–H groups in total. The maximum atomic E-state index is 5.30. The van der Waals surface area contributed by atoms with Crippen molar-refractivity contribution < 1.29 is 10.1 Å². The standard InChI is InChI=1S/C16H25NO/c1-12-6-4-5-7-15(12)17-11-14-8-9-16(18-3)13(2)10-14/h8-10,12,15,17H,4-7,11H2,1-3H3/p+1/t12-,15+/m0/s1. The molecule has 0 saturated heterocycles. The molecular formula is C16H26NO+. The van der Waals surface area contributed by atoms with Crippen LogP contribution in [0.15, 0.2) is 18.2 Å². The van der Waals surface area contributed by atoms with E-state index in [1.165, 1.54) is 36.8 Å². The highest BCUT2D eigenvalue weighted by Gasteiger charge is 2.23. The van der Waals surface area contributed by atoms with Crippen LogP contribution in [0.25, 0.3) is 0 Å². The van der Waals surface area contributed by atoms with Crippen LogP contribution in [0.1, 0.15) is 43.7 Å². The predicted molar refractivity (Wildman–Crippen MR) is 74.8 cm³/mol. The number of quaternary nitrogens is 1. The SMILES string of the molecule is COc1ccc(C[NH2+][C@@H]2CCCC[C@@H]2C)cc1C. The van der Waals surface area contributed by atoms with Crippen molar-refractivity contribution in [1.82, 2.24) is 0 Å². The van der Waals surface area contributed by atoms with Crippen LogP contribution in [0.4, 0.5) is 0 Å². The highest BCUT2D eigenvalue weighted by molar-refractivity contribution is 5.35. The molecule has 2 rings (SSSR count). The molecule has 1 aliphatic carbocycles. The summed E-state index contributed by atoms with van der Waals surface area (Å²) in [5.41, 5.74) is 2.64. The summed E-state index contributed by atoms with van der Waals surface area (Å²) < 4.78 is 5.30. The number of benzene rings is 1. The lowest BCUT2D eigenvalue weighted by Gasteiger charge is -2.26. The average Bonchev–Trinajstić information content (AvgIpc) is 2.38. The first-order valence-corrected chi connectivity index (χ1v) is 7.17. The van der Waals surface area contributed by atoms with Crippen LogP contribution in [-0.4, -0.2) is 13.2 Å². The van der Waals surface area contributed by atoms with Crippen molar-refractivity contribution in [2.75, 3.05) is 7.11 Å². The van der Waals surface area contributed by atoms with Gasteiger partial charge in [-0.3, -0.25) is 0 Å². The molecule has 2 atom stereocenters. The van der Waals surface area contributed by atoms with Crippen LogP contribution >= 0.6 is 0 Å². The van der Waals surface area contributed by atoms with E-state index in [4.69, 9.17) is 4.74 Å². The van der Waals surface area contributed by atoms with Crippen LogP contribution in [0.5, 0.6) is 5.75 Å². The zero-order valence-electron chi connectivity index (χ0n) is 11.9. The zero-order valence-corrected chi connectivity index (χ0v) is 11.9. The van der Waals surface area contributed by atoms with E-state index in [9.17, 15) is 0 Å². The van der Waals surface area contributed by atoms with Crippen molar-refractivity contribution in [2.24, 2.45) is 5.92 Å². The summed E-state index contributed by atoms with van der Waals surface area (Å²) in [7, 11) is 1.73. The number of rotatable bonds is 4. The van der Waals surface area contributed by atoms with Crippen LogP contribution in [0.3, 0.4) is 0 Å².